The van der Waals surface area contributed by atoms with Gasteiger partial charge in [-0.05, 0) is 31.0 Å². The Balaban J connectivity index is 1.39. The van der Waals surface area contributed by atoms with Gasteiger partial charge >= 0.3 is 0 Å². The van der Waals surface area contributed by atoms with Crippen molar-refractivity contribution in [2.75, 3.05) is 32.5 Å². The summed E-state index contributed by atoms with van der Waals surface area (Å²) >= 11 is 0.813. The minimum absolute atomic E-state index is 0.0153. The maximum absolute atomic E-state index is 16.2. The van der Waals surface area contributed by atoms with Gasteiger partial charge in [-0.2, -0.15) is 4.99 Å². The number of nitrogens with two attached hydrogens (primary N) is 2. The molecule has 4 aliphatic heterocycles. The van der Waals surface area contributed by atoms with Crippen molar-refractivity contribution in [1.82, 2.24) is 20.9 Å². The molecule has 5 heterocycles. The number of carbonyl (C=O) groups is 2. The van der Waals surface area contributed by atoms with E-state index in [1.54, 1.807) is 0 Å². The number of alkyl halides is 1. The molecular formula is C25H26F3N7O3S. The molecule has 3 atom stereocenters. The monoisotopic (exact) mass is 561 g/mol. The molecule has 7 N–H and O–H groups in total. The number of ether oxygens (including phenoxy) is 1. The van der Waals surface area contributed by atoms with E-state index in [1.807, 2.05) is 0 Å². The van der Waals surface area contributed by atoms with Crippen LogP contribution >= 0.6 is 11.3 Å². The number of nitrogens with zero attached hydrogens (tertiary/aromatic N) is 2. The van der Waals surface area contributed by atoms with Gasteiger partial charge in [0.25, 0.3) is 17.8 Å². The van der Waals surface area contributed by atoms with Gasteiger partial charge in [-0.3, -0.25) is 14.5 Å². The number of nitrogen functional groups attached to an aromatic ring is 1. The van der Waals surface area contributed by atoms with Gasteiger partial charge in [-0.1, -0.05) is 6.07 Å². The van der Waals surface area contributed by atoms with E-state index in [4.69, 9.17) is 16.2 Å². The molecule has 0 radical (unpaired) electrons. The Hall–Kier alpha value is -3.78. The van der Waals surface area contributed by atoms with Crippen LogP contribution in [0.4, 0.5) is 18.2 Å². The van der Waals surface area contributed by atoms with Crippen molar-refractivity contribution in [2.24, 2.45) is 10.7 Å². The fourth-order valence-corrected chi connectivity index (χ4v) is 7.11. The van der Waals surface area contributed by atoms with Crippen molar-refractivity contribution >= 4 is 44.3 Å². The number of hydrogen-bond donors (Lipinski definition) is 5. The summed E-state index contributed by atoms with van der Waals surface area (Å²) in [6.45, 7) is 1.28. The Morgan fingerprint density at radius 3 is 2.92 bits per heavy atom. The van der Waals surface area contributed by atoms with Crippen LogP contribution in [0.3, 0.4) is 0 Å². The molecule has 14 heteroatoms. The average molecular weight is 562 g/mol. The van der Waals surface area contributed by atoms with Crippen LogP contribution in [0.1, 0.15) is 41.2 Å². The van der Waals surface area contributed by atoms with Gasteiger partial charge < -0.3 is 32.2 Å². The van der Waals surface area contributed by atoms with Crippen molar-refractivity contribution in [2.45, 2.75) is 37.0 Å². The highest BCUT2D eigenvalue weighted by Crippen LogP contribution is 2.44. The fourth-order valence-electron chi connectivity index (χ4n) is 6.10. The standard InChI is InChI=1S/C25H26F3N7O3S/c1-31-22-15-18(33-24(34-22)38-9-25-5-2-6-35(25)8-10(26)7-25)16(28)17(32-23(15)37)11-3-4-12(27)19-13(11)14(20(29)36)21(30)39-19/h3-4,10,17,31H,2,5-9,30H2,1H3,(H2,29,36)(H,32,37)(H,33,34)/t10-,17?,25+/m1/s1. The van der Waals surface area contributed by atoms with Crippen molar-refractivity contribution in [1.29, 1.82) is 0 Å². The van der Waals surface area contributed by atoms with Crippen molar-refractivity contribution in [3.8, 4) is 0 Å². The van der Waals surface area contributed by atoms with E-state index in [2.05, 4.69) is 25.8 Å². The van der Waals surface area contributed by atoms with Crippen LogP contribution in [-0.2, 0) is 9.53 Å². The second-order valence-corrected chi connectivity index (χ2v) is 11.1. The first kappa shape index (κ1) is 25.5. The van der Waals surface area contributed by atoms with E-state index >= 15 is 4.39 Å². The number of primary amides is 1. The molecule has 0 aliphatic carbocycles. The fraction of sp³-hybridized carbons (Fsp3) is 0.400. The third-order valence-electron chi connectivity index (χ3n) is 7.81. The second-order valence-electron chi connectivity index (χ2n) is 10.1. The number of carbonyl (C=O) groups excluding carboxylic acids is 2. The van der Waals surface area contributed by atoms with Crippen molar-refractivity contribution < 1.29 is 27.5 Å². The van der Waals surface area contributed by atoms with Crippen LogP contribution in [0.5, 0.6) is 0 Å². The summed E-state index contributed by atoms with van der Waals surface area (Å²) in [6, 6.07) is 0.961. The van der Waals surface area contributed by atoms with Crippen LogP contribution in [-0.4, -0.2) is 61.2 Å². The number of thiophene rings is 1. The number of anilines is 1. The molecule has 0 spiro atoms. The van der Waals surface area contributed by atoms with Crippen LogP contribution in [0.2, 0.25) is 0 Å². The van der Waals surface area contributed by atoms with E-state index < -0.39 is 41.2 Å². The molecule has 1 unspecified atom stereocenters. The summed E-state index contributed by atoms with van der Waals surface area (Å²) in [5, 5.41) is 8.19. The SMILES string of the molecule is CNC1=C2C(=O)NC(c3ccc(F)c4sc(N)c(C(N)=O)c34)C(F)=C2NC(OC[C@@]23CCCN2C[C@H](F)C3)=N1. The molecule has 10 nitrogen and oxygen atoms in total. The third kappa shape index (κ3) is 3.92. The lowest BCUT2D eigenvalue weighted by molar-refractivity contribution is -0.118. The zero-order valence-corrected chi connectivity index (χ0v) is 21.7. The van der Waals surface area contributed by atoms with Gasteiger partial charge in [0.2, 0.25) is 0 Å². The lowest BCUT2D eigenvalue weighted by Gasteiger charge is -2.34. The van der Waals surface area contributed by atoms with Crippen molar-refractivity contribution in [3.63, 3.8) is 0 Å². The largest absolute Gasteiger partial charge is 0.463 e. The Labute approximate surface area is 224 Å². The Morgan fingerprint density at radius 2 is 2.18 bits per heavy atom. The quantitative estimate of drug-likeness (QED) is 0.376. The minimum Gasteiger partial charge on any atom is -0.463 e. The normalized spacial score (nSPS) is 26.8. The van der Waals surface area contributed by atoms with Crippen LogP contribution in [0, 0.1) is 5.82 Å². The number of fused-ring (bicyclic) bond motifs is 3. The number of rotatable bonds is 5. The van der Waals surface area contributed by atoms with Crippen LogP contribution in [0.15, 0.2) is 40.0 Å². The molecule has 2 amide bonds. The smallest absolute Gasteiger partial charge is 0.296 e. The summed E-state index contributed by atoms with van der Waals surface area (Å²) in [5.74, 6) is -2.96. The zero-order chi connectivity index (χ0) is 27.6. The molecule has 1 aromatic heterocycles. The number of benzene rings is 1. The van der Waals surface area contributed by atoms with Gasteiger partial charge in [-0.15, -0.1) is 11.3 Å². The van der Waals surface area contributed by atoms with E-state index in [9.17, 15) is 18.4 Å². The number of nitrogens with one attached hydrogen (secondary N) is 3. The molecule has 4 aliphatic rings. The van der Waals surface area contributed by atoms with Gasteiger partial charge in [0.1, 0.15) is 36.0 Å². The zero-order valence-electron chi connectivity index (χ0n) is 20.9. The number of aliphatic imine (C=N–C) groups is 1. The van der Waals surface area contributed by atoms with Crippen LogP contribution in [0.25, 0.3) is 10.1 Å². The Kier molecular flexibility index (Phi) is 5.99. The Bertz CT molecular complexity index is 1520. The molecule has 2 saturated heterocycles. The molecule has 6 rings (SSSR count). The summed E-state index contributed by atoms with van der Waals surface area (Å²) in [6.07, 6.45) is 1.10. The number of hydrogen-bond acceptors (Lipinski definition) is 9. The van der Waals surface area contributed by atoms with E-state index in [0.29, 0.717) is 13.0 Å². The first-order valence-electron chi connectivity index (χ1n) is 12.4. The van der Waals surface area contributed by atoms with Gasteiger partial charge in [-0.25, -0.2) is 13.2 Å². The molecule has 39 heavy (non-hydrogen) atoms. The third-order valence-corrected chi connectivity index (χ3v) is 8.84. The maximum Gasteiger partial charge on any atom is 0.296 e. The summed E-state index contributed by atoms with van der Waals surface area (Å²) in [7, 11) is 1.53. The van der Waals surface area contributed by atoms with E-state index in [1.165, 1.54) is 13.1 Å². The molecule has 1 aromatic carbocycles. The van der Waals surface area contributed by atoms with Gasteiger partial charge in [0.15, 0.2) is 5.83 Å². The lowest BCUT2D eigenvalue weighted by atomic mass is 9.92. The molecule has 2 aromatic rings. The number of amidine groups is 1. The highest BCUT2D eigenvalue weighted by atomic mass is 32.1. The maximum atomic E-state index is 16.2. The molecule has 0 saturated carbocycles. The molecule has 2 fully saturated rings. The van der Waals surface area contributed by atoms with E-state index in [-0.39, 0.29) is 55.9 Å². The topological polar surface area (TPSA) is 147 Å². The van der Waals surface area contributed by atoms with Crippen LogP contribution < -0.4 is 27.4 Å². The minimum atomic E-state index is -1.39. The lowest BCUT2D eigenvalue weighted by Crippen LogP contribution is -2.47. The molecule has 206 valence electrons. The summed E-state index contributed by atoms with van der Waals surface area (Å²) in [4.78, 5) is 31.8. The summed E-state index contributed by atoms with van der Waals surface area (Å²) < 4.78 is 51.0. The number of amides is 2. The summed E-state index contributed by atoms with van der Waals surface area (Å²) in [5.41, 5.74) is 10.7. The van der Waals surface area contributed by atoms with Gasteiger partial charge in [0.05, 0.1) is 26.5 Å². The first-order valence-corrected chi connectivity index (χ1v) is 13.3. The predicted molar refractivity (Wildman–Crippen MR) is 139 cm³/mol. The van der Waals surface area contributed by atoms with Crippen molar-refractivity contribution in [3.05, 3.63) is 52.0 Å². The molecule has 0 bridgehead atoms. The number of halogens is 3. The Morgan fingerprint density at radius 1 is 1.38 bits per heavy atom. The first-order chi connectivity index (χ1) is 18.6. The second kappa shape index (κ2) is 9.16. The highest BCUT2D eigenvalue weighted by molar-refractivity contribution is 7.23. The molecular weight excluding hydrogens is 535 g/mol. The highest BCUT2D eigenvalue weighted by Gasteiger charge is 2.50. The van der Waals surface area contributed by atoms with E-state index in [0.717, 1.165) is 36.8 Å². The average Bonchev–Trinajstić information content (AvgIpc) is 3.54. The predicted octanol–water partition coefficient (Wildman–Crippen LogP) is 2.06. The van der Waals surface area contributed by atoms with Gasteiger partial charge in [0, 0.05) is 25.4 Å².